The van der Waals surface area contributed by atoms with Gasteiger partial charge in [-0.05, 0) is 76.8 Å². The van der Waals surface area contributed by atoms with Gasteiger partial charge in [0.1, 0.15) is 5.60 Å². The topological polar surface area (TPSA) is 41.6 Å². The SMILES string of the molecule is Cc1cc(C)c(CNCCCN(C)C(=O)OC(C)(C)C)cc1C. The number of amides is 1. The first-order chi connectivity index (χ1) is 10.6. The fraction of sp³-hybridized carbons (Fsp3) is 0.632. The minimum Gasteiger partial charge on any atom is -0.444 e. The van der Waals surface area contributed by atoms with E-state index in [1.54, 1.807) is 11.9 Å². The van der Waals surface area contributed by atoms with Crippen molar-refractivity contribution in [2.24, 2.45) is 0 Å². The van der Waals surface area contributed by atoms with Crippen molar-refractivity contribution < 1.29 is 9.53 Å². The maximum Gasteiger partial charge on any atom is 0.410 e. The molecule has 1 rings (SSSR count). The predicted molar refractivity (Wildman–Crippen MR) is 95.8 cm³/mol. The molecule has 1 N–H and O–H groups in total. The highest BCUT2D eigenvalue weighted by atomic mass is 16.6. The van der Waals surface area contributed by atoms with Gasteiger partial charge in [-0.25, -0.2) is 4.79 Å². The van der Waals surface area contributed by atoms with Crippen LogP contribution in [0.3, 0.4) is 0 Å². The number of nitrogens with one attached hydrogen (secondary N) is 1. The van der Waals surface area contributed by atoms with Crippen LogP contribution in [-0.4, -0.2) is 36.7 Å². The Morgan fingerprint density at radius 2 is 1.74 bits per heavy atom. The molecule has 0 fully saturated rings. The van der Waals surface area contributed by atoms with Crippen LogP contribution in [0.5, 0.6) is 0 Å². The van der Waals surface area contributed by atoms with E-state index in [2.05, 4.69) is 38.2 Å². The fourth-order valence-corrected chi connectivity index (χ4v) is 2.31. The predicted octanol–water partition coefficient (Wildman–Crippen LogP) is 3.96. The van der Waals surface area contributed by atoms with Gasteiger partial charge in [0, 0.05) is 20.1 Å². The second kappa shape index (κ2) is 8.34. The van der Waals surface area contributed by atoms with Crippen molar-refractivity contribution in [3.63, 3.8) is 0 Å². The third kappa shape index (κ3) is 7.04. The molecule has 0 aliphatic carbocycles. The average Bonchev–Trinajstić information content (AvgIpc) is 2.41. The summed E-state index contributed by atoms with van der Waals surface area (Å²) in [5, 5.41) is 3.45. The molecule has 0 heterocycles. The van der Waals surface area contributed by atoms with Gasteiger partial charge in [0.2, 0.25) is 0 Å². The largest absolute Gasteiger partial charge is 0.444 e. The first-order valence-corrected chi connectivity index (χ1v) is 8.31. The molecule has 0 aromatic heterocycles. The van der Waals surface area contributed by atoms with Gasteiger partial charge in [0.25, 0.3) is 0 Å². The van der Waals surface area contributed by atoms with E-state index in [1.165, 1.54) is 22.3 Å². The third-order valence-corrected chi connectivity index (χ3v) is 3.82. The van der Waals surface area contributed by atoms with E-state index < -0.39 is 5.60 Å². The summed E-state index contributed by atoms with van der Waals surface area (Å²) in [6.07, 6.45) is 0.641. The van der Waals surface area contributed by atoms with Gasteiger partial charge in [0.05, 0.1) is 0 Å². The Kier molecular flexibility index (Phi) is 7.07. The maximum absolute atomic E-state index is 11.8. The summed E-state index contributed by atoms with van der Waals surface area (Å²) >= 11 is 0. The lowest BCUT2D eigenvalue weighted by Crippen LogP contribution is -2.35. The molecule has 0 saturated carbocycles. The lowest BCUT2D eigenvalue weighted by atomic mass is 10.0. The summed E-state index contributed by atoms with van der Waals surface area (Å²) in [5.41, 5.74) is 4.90. The van der Waals surface area contributed by atoms with E-state index in [0.717, 1.165) is 19.5 Å². The molecule has 0 aliphatic rings. The molecular weight excluding hydrogens is 288 g/mol. The highest BCUT2D eigenvalue weighted by Crippen LogP contribution is 2.15. The number of nitrogens with zero attached hydrogens (tertiary/aromatic N) is 1. The molecule has 1 aromatic rings. The smallest absolute Gasteiger partial charge is 0.410 e. The number of ether oxygens (including phenoxy) is 1. The second-order valence-electron chi connectivity index (χ2n) is 7.30. The molecule has 23 heavy (non-hydrogen) atoms. The van der Waals surface area contributed by atoms with Crippen LogP contribution in [0.4, 0.5) is 4.79 Å². The van der Waals surface area contributed by atoms with E-state index in [9.17, 15) is 4.79 Å². The van der Waals surface area contributed by atoms with E-state index in [1.807, 2.05) is 20.8 Å². The van der Waals surface area contributed by atoms with Crippen LogP contribution in [0.1, 0.15) is 49.4 Å². The molecule has 4 heteroatoms. The summed E-state index contributed by atoms with van der Waals surface area (Å²) < 4.78 is 5.33. The van der Waals surface area contributed by atoms with Gasteiger partial charge in [-0.1, -0.05) is 12.1 Å². The number of rotatable bonds is 6. The molecule has 4 nitrogen and oxygen atoms in total. The Morgan fingerprint density at radius 1 is 1.13 bits per heavy atom. The summed E-state index contributed by atoms with van der Waals surface area (Å²) in [6, 6.07) is 4.49. The number of carbonyl (C=O) groups is 1. The van der Waals surface area contributed by atoms with Crippen molar-refractivity contribution in [1.82, 2.24) is 10.2 Å². The van der Waals surface area contributed by atoms with Crippen LogP contribution in [0.2, 0.25) is 0 Å². The van der Waals surface area contributed by atoms with Crippen molar-refractivity contribution in [2.75, 3.05) is 20.1 Å². The first kappa shape index (κ1) is 19.5. The highest BCUT2D eigenvalue weighted by Gasteiger charge is 2.18. The van der Waals surface area contributed by atoms with Crippen molar-refractivity contribution >= 4 is 6.09 Å². The number of aryl methyl sites for hydroxylation is 3. The maximum atomic E-state index is 11.8. The normalized spacial score (nSPS) is 11.4. The lowest BCUT2D eigenvalue weighted by Gasteiger charge is -2.24. The van der Waals surface area contributed by atoms with Crippen LogP contribution in [0, 0.1) is 20.8 Å². The number of hydrogen-bond acceptors (Lipinski definition) is 3. The van der Waals surface area contributed by atoms with Gasteiger partial charge < -0.3 is 15.0 Å². The Labute approximate surface area is 141 Å². The summed E-state index contributed by atoms with van der Waals surface area (Å²) in [6.45, 7) is 14.5. The number of hydrogen-bond donors (Lipinski definition) is 1. The van der Waals surface area contributed by atoms with E-state index in [4.69, 9.17) is 4.74 Å². The van der Waals surface area contributed by atoms with Gasteiger partial charge in [-0.15, -0.1) is 0 Å². The monoisotopic (exact) mass is 320 g/mol. The Balaban J connectivity index is 2.30. The molecule has 0 radical (unpaired) electrons. The quantitative estimate of drug-likeness (QED) is 0.807. The van der Waals surface area contributed by atoms with Crippen LogP contribution in [0.15, 0.2) is 12.1 Å². The zero-order chi connectivity index (χ0) is 17.6. The van der Waals surface area contributed by atoms with Gasteiger partial charge in [-0.3, -0.25) is 0 Å². The minimum absolute atomic E-state index is 0.262. The molecule has 0 saturated heterocycles. The van der Waals surface area contributed by atoms with Crippen molar-refractivity contribution in [3.05, 3.63) is 34.4 Å². The van der Waals surface area contributed by atoms with Crippen LogP contribution in [-0.2, 0) is 11.3 Å². The first-order valence-electron chi connectivity index (χ1n) is 8.31. The molecule has 130 valence electrons. The van der Waals surface area contributed by atoms with Crippen LogP contribution in [0.25, 0.3) is 0 Å². The van der Waals surface area contributed by atoms with Crippen molar-refractivity contribution in [1.29, 1.82) is 0 Å². The molecule has 0 aliphatic heterocycles. The standard InChI is InChI=1S/C19H32N2O2/c1-14-11-16(3)17(12-15(14)2)13-20-9-8-10-21(7)18(22)23-19(4,5)6/h11-12,20H,8-10,13H2,1-7H3. The molecule has 0 unspecified atom stereocenters. The number of benzene rings is 1. The van der Waals surface area contributed by atoms with Crippen LogP contribution >= 0.6 is 0 Å². The zero-order valence-electron chi connectivity index (χ0n) is 15.7. The zero-order valence-corrected chi connectivity index (χ0v) is 15.7. The molecule has 0 spiro atoms. The van der Waals surface area contributed by atoms with Crippen molar-refractivity contribution in [3.8, 4) is 0 Å². The minimum atomic E-state index is -0.440. The van der Waals surface area contributed by atoms with Gasteiger partial charge in [0.15, 0.2) is 0 Å². The Hall–Kier alpha value is -1.55. The second-order valence-corrected chi connectivity index (χ2v) is 7.30. The van der Waals surface area contributed by atoms with Crippen molar-refractivity contribution in [2.45, 2.75) is 60.1 Å². The average molecular weight is 320 g/mol. The van der Waals surface area contributed by atoms with Crippen LogP contribution < -0.4 is 5.32 Å². The highest BCUT2D eigenvalue weighted by molar-refractivity contribution is 5.67. The van der Waals surface area contributed by atoms with E-state index in [0.29, 0.717) is 6.54 Å². The molecule has 0 atom stereocenters. The molecule has 1 amide bonds. The Bertz CT molecular complexity index is 533. The summed E-state index contributed by atoms with van der Waals surface area (Å²) in [4.78, 5) is 13.5. The summed E-state index contributed by atoms with van der Waals surface area (Å²) in [5.74, 6) is 0. The Morgan fingerprint density at radius 3 is 2.35 bits per heavy atom. The van der Waals surface area contributed by atoms with Gasteiger partial charge in [-0.2, -0.15) is 0 Å². The molecule has 0 bridgehead atoms. The lowest BCUT2D eigenvalue weighted by molar-refractivity contribution is 0.0297. The number of carbonyl (C=O) groups excluding carboxylic acids is 1. The fourth-order valence-electron chi connectivity index (χ4n) is 2.31. The molecular formula is C19H32N2O2. The van der Waals surface area contributed by atoms with E-state index >= 15 is 0 Å². The summed E-state index contributed by atoms with van der Waals surface area (Å²) in [7, 11) is 1.78. The van der Waals surface area contributed by atoms with E-state index in [-0.39, 0.29) is 6.09 Å². The third-order valence-electron chi connectivity index (χ3n) is 3.82. The molecule has 1 aromatic carbocycles. The van der Waals surface area contributed by atoms with Gasteiger partial charge >= 0.3 is 6.09 Å².